The molecule has 1 unspecified atom stereocenters. The molecule has 1 aromatic carbocycles. The molecule has 1 aliphatic rings. The SMILES string of the molecule is COCCN(C)C(=O)C1CCCn2c1nn(Cc1cc(C)ccc1C)c2=O. The van der Waals surface area contributed by atoms with Crippen LogP contribution in [-0.4, -0.2) is 52.5 Å². The molecule has 1 aliphatic heterocycles. The van der Waals surface area contributed by atoms with E-state index in [4.69, 9.17) is 4.74 Å². The van der Waals surface area contributed by atoms with Gasteiger partial charge in [0.05, 0.1) is 19.1 Å². The molecule has 0 radical (unpaired) electrons. The number of nitrogens with zero attached hydrogens (tertiary/aromatic N) is 4. The summed E-state index contributed by atoms with van der Waals surface area (Å²) in [4.78, 5) is 27.4. The second-order valence-electron chi connectivity index (χ2n) is 7.33. The lowest BCUT2D eigenvalue weighted by molar-refractivity contribution is -0.132. The van der Waals surface area contributed by atoms with E-state index >= 15 is 0 Å². The molecule has 0 fully saturated rings. The van der Waals surface area contributed by atoms with E-state index in [0.29, 0.717) is 32.1 Å². The number of carbonyl (C=O) groups is 1. The highest BCUT2D eigenvalue weighted by Crippen LogP contribution is 2.26. The van der Waals surface area contributed by atoms with Crippen molar-refractivity contribution in [3.63, 3.8) is 0 Å². The Hall–Kier alpha value is -2.41. The number of ether oxygens (including phenoxy) is 1. The normalized spacial score (nSPS) is 16.2. The molecule has 0 saturated heterocycles. The first-order chi connectivity index (χ1) is 12.9. The van der Waals surface area contributed by atoms with Crippen LogP contribution in [0.15, 0.2) is 23.0 Å². The smallest absolute Gasteiger partial charge is 0.346 e. The van der Waals surface area contributed by atoms with Gasteiger partial charge in [-0.25, -0.2) is 9.48 Å². The Labute approximate surface area is 159 Å². The number of hydrogen-bond acceptors (Lipinski definition) is 4. The lowest BCUT2D eigenvalue weighted by atomic mass is 9.97. The fourth-order valence-corrected chi connectivity index (χ4v) is 3.58. The van der Waals surface area contributed by atoms with Crippen LogP contribution >= 0.6 is 0 Å². The Morgan fingerprint density at radius 2 is 2.15 bits per heavy atom. The first kappa shape index (κ1) is 19.4. The van der Waals surface area contributed by atoms with Gasteiger partial charge in [0.2, 0.25) is 5.91 Å². The molecular weight excluding hydrogens is 344 g/mol. The fraction of sp³-hybridized carbons (Fsp3) is 0.550. The Morgan fingerprint density at radius 1 is 1.37 bits per heavy atom. The lowest BCUT2D eigenvalue weighted by Gasteiger charge is -2.26. The van der Waals surface area contributed by atoms with Crippen LogP contribution in [0.1, 0.15) is 41.3 Å². The van der Waals surface area contributed by atoms with Gasteiger partial charge in [-0.05, 0) is 37.8 Å². The minimum atomic E-state index is -0.367. The third-order valence-electron chi connectivity index (χ3n) is 5.27. The third-order valence-corrected chi connectivity index (χ3v) is 5.27. The second-order valence-corrected chi connectivity index (χ2v) is 7.33. The van der Waals surface area contributed by atoms with Crippen molar-refractivity contribution in [2.45, 2.75) is 45.7 Å². The minimum Gasteiger partial charge on any atom is -0.383 e. The predicted octanol–water partition coefficient (Wildman–Crippen LogP) is 1.69. The highest BCUT2D eigenvalue weighted by Gasteiger charge is 2.33. The summed E-state index contributed by atoms with van der Waals surface area (Å²) in [6.45, 7) is 6.13. The molecule has 0 aliphatic carbocycles. The maximum absolute atomic E-state index is 12.9. The molecule has 1 amide bonds. The first-order valence-electron chi connectivity index (χ1n) is 9.40. The van der Waals surface area contributed by atoms with Crippen LogP contribution in [0.25, 0.3) is 0 Å². The summed E-state index contributed by atoms with van der Waals surface area (Å²) in [6, 6.07) is 6.20. The van der Waals surface area contributed by atoms with E-state index in [2.05, 4.69) is 23.3 Å². The van der Waals surface area contributed by atoms with E-state index in [9.17, 15) is 9.59 Å². The molecule has 1 atom stereocenters. The molecule has 1 aromatic heterocycles. The number of fused-ring (bicyclic) bond motifs is 1. The zero-order valence-corrected chi connectivity index (χ0v) is 16.6. The third kappa shape index (κ3) is 3.98. The molecule has 0 spiro atoms. The maximum Gasteiger partial charge on any atom is 0.346 e. The topological polar surface area (TPSA) is 69.4 Å². The van der Waals surface area contributed by atoms with Gasteiger partial charge < -0.3 is 9.64 Å². The van der Waals surface area contributed by atoms with Gasteiger partial charge in [0, 0.05) is 27.2 Å². The molecule has 0 saturated carbocycles. The molecule has 3 rings (SSSR count). The Morgan fingerprint density at radius 3 is 2.89 bits per heavy atom. The zero-order valence-electron chi connectivity index (χ0n) is 16.6. The van der Waals surface area contributed by atoms with E-state index < -0.39 is 0 Å². The van der Waals surface area contributed by atoms with Crippen molar-refractivity contribution >= 4 is 5.91 Å². The number of methoxy groups -OCH3 is 1. The fourth-order valence-electron chi connectivity index (χ4n) is 3.58. The second kappa shape index (κ2) is 8.08. The standard InChI is InChI=1S/C20H28N4O3/c1-14-7-8-15(2)16(12-14)13-24-20(26)23-9-5-6-17(18(23)21-24)19(25)22(3)10-11-27-4/h7-8,12,17H,5-6,9-11,13H2,1-4H3. The molecule has 0 N–H and O–H groups in total. The minimum absolute atomic E-state index is 0.00288. The summed E-state index contributed by atoms with van der Waals surface area (Å²) in [7, 11) is 3.39. The van der Waals surface area contributed by atoms with Crippen LogP contribution in [0.2, 0.25) is 0 Å². The Kier molecular flexibility index (Phi) is 5.79. The van der Waals surface area contributed by atoms with Gasteiger partial charge in [0.25, 0.3) is 0 Å². The molecule has 146 valence electrons. The molecule has 27 heavy (non-hydrogen) atoms. The summed E-state index contributed by atoms with van der Waals surface area (Å²) in [5.74, 6) is 0.218. The Bertz CT molecular complexity index is 884. The van der Waals surface area contributed by atoms with Crippen LogP contribution in [-0.2, 0) is 22.6 Å². The van der Waals surface area contributed by atoms with Gasteiger partial charge in [-0.15, -0.1) is 0 Å². The average Bonchev–Trinajstić information content (AvgIpc) is 2.98. The van der Waals surface area contributed by atoms with Crippen molar-refractivity contribution in [3.8, 4) is 0 Å². The van der Waals surface area contributed by atoms with Crippen LogP contribution in [0, 0.1) is 13.8 Å². The number of benzene rings is 1. The maximum atomic E-state index is 12.9. The number of aryl methyl sites for hydroxylation is 2. The van der Waals surface area contributed by atoms with Gasteiger partial charge in [0.15, 0.2) is 0 Å². The number of amides is 1. The molecule has 0 bridgehead atoms. The number of carbonyl (C=O) groups excluding carboxylic acids is 1. The van der Waals surface area contributed by atoms with Gasteiger partial charge in [-0.3, -0.25) is 9.36 Å². The quantitative estimate of drug-likeness (QED) is 0.774. The highest BCUT2D eigenvalue weighted by atomic mass is 16.5. The summed E-state index contributed by atoms with van der Waals surface area (Å²) in [6.07, 6.45) is 1.52. The van der Waals surface area contributed by atoms with Crippen LogP contribution in [0.5, 0.6) is 0 Å². The molecule has 2 heterocycles. The number of aromatic nitrogens is 3. The average molecular weight is 372 g/mol. The molecule has 7 nitrogen and oxygen atoms in total. The number of likely N-dealkylation sites (N-methyl/N-ethyl adjacent to an activating group) is 1. The van der Waals surface area contributed by atoms with Crippen molar-refractivity contribution in [1.29, 1.82) is 0 Å². The van der Waals surface area contributed by atoms with E-state index in [1.165, 1.54) is 4.68 Å². The van der Waals surface area contributed by atoms with E-state index in [1.54, 1.807) is 23.6 Å². The van der Waals surface area contributed by atoms with Crippen molar-refractivity contribution < 1.29 is 9.53 Å². The van der Waals surface area contributed by atoms with E-state index in [1.807, 2.05) is 13.8 Å². The molecule has 7 heteroatoms. The van der Waals surface area contributed by atoms with Crippen molar-refractivity contribution in [1.82, 2.24) is 19.2 Å². The summed E-state index contributed by atoms with van der Waals surface area (Å²) < 4.78 is 8.23. The van der Waals surface area contributed by atoms with E-state index in [0.717, 1.165) is 29.5 Å². The van der Waals surface area contributed by atoms with Crippen molar-refractivity contribution in [3.05, 3.63) is 51.2 Å². The number of hydrogen-bond donors (Lipinski definition) is 0. The largest absolute Gasteiger partial charge is 0.383 e. The van der Waals surface area contributed by atoms with E-state index in [-0.39, 0.29) is 17.5 Å². The van der Waals surface area contributed by atoms with Crippen LogP contribution < -0.4 is 5.69 Å². The number of rotatable bonds is 6. The van der Waals surface area contributed by atoms with Crippen LogP contribution in [0.3, 0.4) is 0 Å². The van der Waals surface area contributed by atoms with Gasteiger partial charge in [0.1, 0.15) is 5.82 Å². The zero-order chi connectivity index (χ0) is 19.6. The molecular formula is C20H28N4O3. The van der Waals surface area contributed by atoms with Crippen molar-refractivity contribution in [2.24, 2.45) is 0 Å². The van der Waals surface area contributed by atoms with Gasteiger partial charge >= 0.3 is 5.69 Å². The van der Waals surface area contributed by atoms with Crippen molar-refractivity contribution in [2.75, 3.05) is 27.3 Å². The Balaban J connectivity index is 1.89. The monoisotopic (exact) mass is 372 g/mol. The van der Waals surface area contributed by atoms with Crippen LogP contribution in [0.4, 0.5) is 0 Å². The molecule has 2 aromatic rings. The summed E-state index contributed by atoms with van der Waals surface area (Å²) in [5, 5.41) is 4.57. The lowest BCUT2D eigenvalue weighted by Crippen LogP contribution is -2.37. The van der Waals surface area contributed by atoms with Gasteiger partial charge in [-0.2, -0.15) is 5.10 Å². The summed E-state index contributed by atoms with van der Waals surface area (Å²) >= 11 is 0. The predicted molar refractivity (Wildman–Crippen MR) is 103 cm³/mol. The highest BCUT2D eigenvalue weighted by molar-refractivity contribution is 5.82. The summed E-state index contributed by atoms with van der Waals surface area (Å²) in [5.41, 5.74) is 3.22. The first-order valence-corrected chi connectivity index (χ1v) is 9.40. The van der Waals surface area contributed by atoms with Gasteiger partial charge in [-0.1, -0.05) is 23.8 Å².